The van der Waals surface area contributed by atoms with Gasteiger partial charge in [-0.3, -0.25) is 14.5 Å². The van der Waals surface area contributed by atoms with Crippen LogP contribution in [0.25, 0.3) is 0 Å². The lowest BCUT2D eigenvalue weighted by Gasteiger charge is -2.41. The molecule has 8 nitrogen and oxygen atoms in total. The van der Waals surface area contributed by atoms with Gasteiger partial charge in [-0.1, -0.05) is 12.1 Å². The van der Waals surface area contributed by atoms with Crippen LogP contribution in [0.2, 0.25) is 0 Å². The molecule has 5 rings (SSSR count). The first kappa shape index (κ1) is 25.5. The molecule has 4 heterocycles. The topological polar surface area (TPSA) is 78.0 Å². The summed E-state index contributed by atoms with van der Waals surface area (Å²) in [6.07, 6.45) is -4.57. The molecule has 2 aromatic rings. The number of alkyl halides is 3. The molecule has 1 N–H and O–H groups in total. The lowest BCUT2D eigenvalue weighted by molar-refractivity contribution is -0.137. The SMILES string of the molecule is Cc1cc(C(F)(F)F)cc(N2C(=O)C[C@@H]3CN(C[C@@H]4COCCN4)c4c(C)cccc4N(C)C(=O)[C@H]32)n1. The van der Waals surface area contributed by atoms with Crippen LogP contribution in [0.4, 0.5) is 30.4 Å². The number of aryl methyl sites for hydroxylation is 2. The number of pyridine rings is 1. The third kappa shape index (κ3) is 4.77. The molecule has 0 aliphatic carbocycles. The standard InChI is InChI=1S/C26H30F3N5O3/c1-15-5-4-6-20-23(15)33(13-19-14-37-8-7-30-19)12-17-10-22(35)34(24(17)25(36)32(20)3)21-11-18(26(27,28)29)9-16(2)31-21/h4-6,9,11,17,19,24,30H,7-8,10,12-14H2,1-3H3/t17-,19-,24+/m1/s1. The highest BCUT2D eigenvalue weighted by Crippen LogP contribution is 2.41. The van der Waals surface area contributed by atoms with Crippen LogP contribution in [0.15, 0.2) is 30.3 Å². The second kappa shape index (κ2) is 9.60. The summed E-state index contributed by atoms with van der Waals surface area (Å²) in [6.45, 7) is 6.33. The number of morpholine rings is 1. The maximum atomic E-state index is 13.9. The minimum Gasteiger partial charge on any atom is -0.378 e. The van der Waals surface area contributed by atoms with E-state index in [0.29, 0.717) is 32.0 Å². The van der Waals surface area contributed by atoms with E-state index < -0.39 is 29.6 Å². The molecular formula is C26H30F3N5O3. The molecule has 11 heteroatoms. The van der Waals surface area contributed by atoms with Crippen molar-refractivity contribution in [2.45, 2.75) is 38.5 Å². The van der Waals surface area contributed by atoms with Gasteiger partial charge < -0.3 is 19.9 Å². The Morgan fingerprint density at radius 1 is 1.19 bits per heavy atom. The number of aromatic nitrogens is 1. The molecule has 0 bridgehead atoms. The van der Waals surface area contributed by atoms with Crippen molar-refractivity contribution in [3.63, 3.8) is 0 Å². The van der Waals surface area contributed by atoms with Gasteiger partial charge in [0, 0.05) is 50.8 Å². The van der Waals surface area contributed by atoms with E-state index in [1.54, 1.807) is 7.05 Å². The summed E-state index contributed by atoms with van der Waals surface area (Å²) in [6, 6.07) is 6.58. The van der Waals surface area contributed by atoms with Gasteiger partial charge in [0.2, 0.25) is 11.8 Å². The normalized spacial score (nSPS) is 24.6. The van der Waals surface area contributed by atoms with Gasteiger partial charge >= 0.3 is 6.18 Å². The van der Waals surface area contributed by atoms with E-state index in [9.17, 15) is 22.8 Å². The summed E-state index contributed by atoms with van der Waals surface area (Å²) in [5, 5.41) is 3.46. The molecule has 2 amide bonds. The van der Waals surface area contributed by atoms with Crippen LogP contribution in [-0.4, -0.2) is 68.8 Å². The minimum absolute atomic E-state index is 0.0352. The minimum atomic E-state index is -4.60. The van der Waals surface area contributed by atoms with Crippen molar-refractivity contribution in [3.05, 3.63) is 47.2 Å². The predicted molar refractivity (Wildman–Crippen MR) is 133 cm³/mol. The molecule has 2 fully saturated rings. The van der Waals surface area contributed by atoms with Crippen molar-refractivity contribution in [3.8, 4) is 0 Å². The van der Waals surface area contributed by atoms with Gasteiger partial charge in [-0.25, -0.2) is 4.98 Å². The highest BCUT2D eigenvalue weighted by atomic mass is 19.4. The lowest BCUT2D eigenvalue weighted by atomic mass is 9.94. The van der Waals surface area contributed by atoms with Gasteiger partial charge in [0.25, 0.3) is 0 Å². The summed E-state index contributed by atoms with van der Waals surface area (Å²) in [7, 11) is 1.65. The van der Waals surface area contributed by atoms with Crippen molar-refractivity contribution in [2.24, 2.45) is 5.92 Å². The Hall–Kier alpha value is -3.18. The lowest BCUT2D eigenvalue weighted by Crippen LogP contribution is -2.55. The summed E-state index contributed by atoms with van der Waals surface area (Å²) in [5.74, 6) is -1.34. The zero-order valence-electron chi connectivity index (χ0n) is 21.0. The van der Waals surface area contributed by atoms with E-state index in [1.807, 2.05) is 25.1 Å². The number of amides is 2. The predicted octanol–water partition coefficient (Wildman–Crippen LogP) is 2.91. The molecule has 3 aliphatic heterocycles. The van der Waals surface area contributed by atoms with Crippen molar-refractivity contribution < 1.29 is 27.5 Å². The molecule has 3 aliphatic rings. The number of hydrogen-bond acceptors (Lipinski definition) is 6. The average molecular weight is 518 g/mol. The van der Waals surface area contributed by atoms with Gasteiger partial charge in [0.15, 0.2) is 0 Å². The molecule has 3 atom stereocenters. The van der Waals surface area contributed by atoms with E-state index in [4.69, 9.17) is 4.74 Å². The number of ether oxygens (including phenoxy) is 1. The van der Waals surface area contributed by atoms with Crippen LogP contribution < -0.4 is 20.0 Å². The molecule has 0 radical (unpaired) electrons. The van der Waals surface area contributed by atoms with Crippen LogP contribution in [0, 0.1) is 19.8 Å². The highest BCUT2D eigenvalue weighted by molar-refractivity contribution is 6.10. The first-order valence-corrected chi connectivity index (χ1v) is 12.4. The Balaban J connectivity index is 1.58. The number of carbonyl (C=O) groups excluding carboxylic acids is 2. The van der Waals surface area contributed by atoms with Gasteiger partial charge in [0.1, 0.15) is 11.9 Å². The van der Waals surface area contributed by atoms with E-state index in [0.717, 1.165) is 29.9 Å². The molecule has 2 saturated heterocycles. The molecule has 37 heavy (non-hydrogen) atoms. The van der Waals surface area contributed by atoms with E-state index in [-0.39, 0.29) is 29.9 Å². The number of para-hydroxylation sites is 1. The maximum Gasteiger partial charge on any atom is 0.416 e. The number of halogens is 3. The number of nitrogens with one attached hydrogen (secondary N) is 1. The Labute approximate surface area is 213 Å². The summed E-state index contributed by atoms with van der Waals surface area (Å²) < 4.78 is 46.4. The monoisotopic (exact) mass is 517 g/mol. The fourth-order valence-electron chi connectivity index (χ4n) is 5.67. The van der Waals surface area contributed by atoms with Crippen LogP contribution in [0.1, 0.15) is 23.2 Å². The number of hydrogen-bond donors (Lipinski definition) is 1. The first-order chi connectivity index (χ1) is 17.5. The van der Waals surface area contributed by atoms with Crippen LogP contribution in [-0.2, 0) is 20.5 Å². The Morgan fingerprint density at radius 3 is 2.68 bits per heavy atom. The zero-order valence-corrected chi connectivity index (χ0v) is 21.0. The number of nitrogens with zero attached hydrogens (tertiary/aromatic N) is 4. The summed E-state index contributed by atoms with van der Waals surface area (Å²) in [4.78, 5) is 36.3. The fraction of sp³-hybridized carbons (Fsp3) is 0.500. The van der Waals surface area contributed by atoms with E-state index >= 15 is 0 Å². The third-order valence-corrected chi connectivity index (χ3v) is 7.32. The van der Waals surface area contributed by atoms with Gasteiger partial charge in [-0.15, -0.1) is 0 Å². The summed E-state index contributed by atoms with van der Waals surface area (Å²) in [5.41, 5.74) is 1.81. The zero-order chi connectivity index (χ0) is 26.5. The maximum absolute atomic E-state index is 13.9. The largest absolute Gasteiger partial charge is 0.416 e. The summed E-state index contributed by atoms with van der Waals surface area (Å²) >= 11 is 0. The van der Waals surface area contributed by atoms with Crippen LogP contribution in [0.3, 0.4) is 0 Å². The third-order valence-electron chi connectivity index (χ3n) is 7.32. The van der Waals surface area contributed by atoms with Gasteiger partial charge in [-0.05, 0) is 37.6 Å². The van der Waals surface area contributed by atoms with E-state index in [2.05, 4.69) is 15.2 Å². The van der Waals surface area contributed by atoms with Crippen LogP contribution in [0.5, 0.6) is 0 Å². The second-order valence-electron chi connectivity index (χ2n) is 10.00. The molecule has 198 valence electrons. The highest BCUT2D eigenvalue weighted by Gasteiger charge is 2.49. The Morgan fingerprint density at radius 2 is 1.97 bits per heavy atom. The Kier molecular flexibility index (Phi) is 6.61. The first-order valence-electron chi connectivity index (χ1n) is 12.4. The number of likely N-dealkylation sites (N-methyl/N-ethyl adjacent to an activating group) is 1. The second-order valence-corrected chi connectivity index (χ2v) is 10.00. The van der Waals surface area contributed by atoms with Crippen molar-refractivity contribution in [1.82, 2.24) is 10.3 Å². The van der Waals surface area contributed by atoms with Gasteiger partial charge in [0.05, 0.1) is 30.2 Å². The fourth-order valence-corrected chi connectivity index (χ4v) is 5.67. The average Bonchev–Trinajstić information content (AvgIpc) is 3.17. The number of rotatable bonds is 3. The molecule has 1 aromatic heterocycles. The number of benzene rings is 1. The molecule has 0 saturated carbocycles. The van der Waals surface area contributed by atoms with Crippen LogP contribution >= 0.6 is 0 Å². The van der Waals surface area contributed by atoms with Crippen molar-refractivity contribution in [2.75, 3.05) is 54.6 Å². The smallest absolute Gasteiger partial charge is 0.378 e. The number of fused-ring (bicyclic) bond motifs is 2. The quantitative estimate of drug-likeness (QED) is 0.675. The number of anilines is 3. The van der Waals surface area contributed by atoms with Crippen molar-refractivity contribution in [1.29, 1.82) is 0 Å². The molecule has 1 aromatic carbocycles. The Bertz CT molecular complexity index is 1210. The van der Waals surface area contributed by atoms with E-state index in [1.165, 1.54) is 16.7 Å². The molecule has 0 unspecified atom stereocenters. The molecule has 0 spiro atoms. The molecular weight excluding hydrogens is 487 g/mol. The van der Waals surface area contributed by atoms with Crippen molar-refractivity contribution >= 4 is 29.0 Å². The van der Waals surface area contributed by atoms with Gasteiger partial charge in [-0.2, -0.15) is 13.2 Å². The number of carbonyl (C=O) groups is 2.